The SMILES string of the molecule is O=C(O)C1CC2CCCCC2N1C(=O)CS(=O)(=O)C1CCCC1. The number of rotatable bonds is 4. The quantitative estimate of drug-likeness (QED) is 0.837. The van der Waals surface area contributed by atoms with Crippen molar-refractivity contribution in [3.8, 4) is 0 Å². The minimum atomic E-state index is -3.47. The number of likely N-dealkylation sites (tertiary alicyclic amines) is 1. The van der Waals surface area contributed by atoms with Crippen molar-refractivity contribution in [3.05, 3.63) is 0 Å². The Labute approximate surface area is 137 Å². The highest BCUT2D eigenvalue weighted by Gasteiger charge is 2.48. The van der Waals surface area contributed by atoms with E-state index in [1.807, 2.05) is 0 Å². The van der Waals surface area contributed by atoms with Crippen LogP contribution in [0.25, 0.3) is 0 Å². The van der Waals surface area contributed by atoms with Crippen molar-refractivity contribution in [2.45, 2.75) is 75.1 Å². The first-order chi connectivity index (χ1) is 10.9. The lowest BCUT2D eigenvalue weighted by molar-refractivity contribution is -0.148. The van der Waals surface area contributed by atoms with Gasteiger partial charge in [-0.2, -0.15) is 0 Å². The van der Waals surface area contributed by atoms with Crippen molar-refractivity contribution in [3.63, 3.8) is 0 Å². The Hall–Kier alpha value is -1.11. The fraction of sp³-hybridized carbons (Fsp3) is 0.875. The average molecular weight is 343 g/mol. The second-order valence-electron chi connectivity index (χ2n) is 7.22. The minimum Gasteiger partial charge on any atom is -0.480 e. The Balaban J connectivity index is 1.77. The van der Waals surface area contributed by atoms with Crippen LogP contribution in [0.5, 0.6) is 0 Å². The summed E-state index contributed by atoms with van der Waals surface area (Å²) in [5, 5.41) is 9.03. The molecular formula is C16H25NO5S. The van der Waals surface area contributed by atoms with Gasteiger partial charge in [0, 0.05) is 6.04 Å². The number of fused-ring (bicyclic) bond motifs is 1. The van der Waals surface area contributed by atoms with Crippen LogP contribution in [0.2, 0.25) is 0 Å². The van der Waals surface area contributed by atoms with Crippen LogP contribution >= 0.6 is 0 Å². The molecule has 7 heteroatoms. The largest absolute Gasteiger partial charge is 0.480 e. The number of sulfone groups is 1. The van der Waals surface area contributed by atoms with Gasteiger partial charge < -0.3 is 10.0 Å². The molecule has 130 valence electrons. The second kappa shape index (κ2) is 6.42. The molecule has 0 radical (unpaired) electrons. The predicted molar refractivity (Wildman–Crippen MR) is 84.7 cm³/mol. The molecule has 3 aliphatic rings. The molecule has 23 heavy (non-hydrogen) atoms. The lowest BCUT2D eigenvalue weighted by Gasteiger charge is -2.33. The van der Waals surface area contributed by atoms with Gasteiger partial charge in [-0.05, 0) is 38.0 Å². The van der Waals surface area contributed by atoms with Crippen LogP contribution < -0.4 is 0 Å². The van der Waals surface area contributed by atoms with Crippen LogP contribution in [-0.4, -0.2) is 53.4 Å². The summed E-state index contributed by atoms with van der Waals surface area (Å²) in [6, 6.07) is -0.939. The number of carbonyl (C=O) groups is 2. The summed E-state index contributed by atoms with van der Waals surface area (Å²) < 4.78 is 24.9. The van der Waals surface area contributed by atoms with Crippen molar-refractivity contribution < 1.29 is 23.1 Å². The topological polar surface area (TPSA) is 91.8 Å². The van der Waals surface area contributed by atoms with E-state index in [2.05, 4.69) is 0 Å². The number of nitrogens with zero attached hydrogens (tertiary/aromatic N) is 1. The van der Waals surface area contributed by atoms with Gasteiger partial charge in [0.05, 0.1) is 5.25 Å². The molecule has 1 N–H and O–H groups in total. The zero-order valence-electron chi connectivity index (χ0n) is 13.3. The molecule has 0 spiro atoms. The average Bonchev–Trinajstić information content (AvgIpc) is 3.14. The normalized spacial score (nSPS) is 32.0. The second-order valence-corrected chi connectivity index (χ2v) is 9.50. The first kappa shape index (κ1) is 16.7. The predicted octanol–water partition coefficient (Wildman–Crippen LogP) is 1.59. The standard InChI is InChI=1S/C16H25NO5S/c18-15(10-23(21,22)12-6-2-3-7-12)17-13-8-4-1-5-11(13)9-14(17)16(19)20/h11-14H,1-10H2,(H,19,20). The van der Waals surface area contributed by atoms with E-state index >= 15 is 0 Å². The molecule has 3 fully saturated rings. The van der Waals surface area contributed by atoms with Crippen molar-refractivity contribution in [2.75, 3.05) is 5.75 Å². The molecule has 1 heterocycles. The molecule has 3 atom stereocenters. The molecule has 3 unspecified atom stereocenters. The molecule has 0 aromatic rings. The summed E-state index contributed by atoms with van der Waals surface area (Å²) in [4.78, 5) is 25.6. The maximum Gasteiger partial charge on any atom is 0.326 e. The number of carboxylic acids is 1. The number of hydrogen-bond donors (Lipinski definition) is 1. The summed E-state index contributed by atoms with van der Waals surface area (Å²) in [6.45, 7) is 0. The zero-order valence-corrected chi connectivity index (χ0v) is 14.1. The Morgan fingerprint density at radius 1 is 1.00 bits per heavy atom. The van der Waals surface area contributed by atoms with Gasteiger partial charge in [-0.3, -0.25) is 4.79 Å². The minimum absolute atomic E-state index is 0.0869. The highest BCUT2D eigenvalue weighted by Crippen LogP contribution is 2.40. The van der Waals surface area contributed by atoms with Crippen LogP contribution in [0.15, 0.2) is 0 Å². The summed E-state index contributed by atoms with van der Waals surface area (Å²) in [6.07, 6.45) is 7.29. The van der Waals surface area contributed by atoms with Gasteiger partial charge in [0.2, 0.25) is 5.91 Å². The van der Waals surface area contributed by atoms with E-state index in [1.165, 1.54) is 4.90 Å². The molecule has 1 saturated heterocycles. The van der Waals surface area contributed by atoms with E-state index in [4.69, 9.17) is 0 Å². The van der Waals surface area contributed by atoms with Crippen molar-refractivity contribution >= 4 is 21.7 Å². The van der Waals surface area contributed by atoms with Gasteiger partial charge in [-0.25, -0.2) is 13.2 Å². The van der Waals surface area contributed by atoms with Gasteiger partial charge in [-0.1, -0.05) is 25.7 Å². The number of amides is 1. The van der Waals surface area contributed by atoms with Gasteiger partial charge in [0.1, 0.15) is 11.8 Å². The van der Waals surface area contributed by atoms with E-state index in [1.54, 1.807) is 0 Å². The first-order valence-corrected chi connectivity index (χ1v) is 10.4. The van der Waals surface area contributed by atoms with Gasteiger partial charge in [-0.15, -0.1) is 0 Å². The molecular weight excluding hydrogens is 318 g/mol. The molecule has 2 aliphatic carbocycles. The number of aliphatic carboxylic acids is 1. The van der Waals surface area contributed by atoms with Crippen LogP contribution in [0.3, 0.4) is 0 Å². The number of hydrogen-bond acceptors (Lipinski definition) is 4. The fourth-order valence-electron chi connectivity index (χ4n) is 4.65. The van der Waals surface area contributed by atoms with Crippen LogP contribution in [-0.2, 0) is 19.4 Å². The summed E-state index contributed by atoms with van der Waals surface area (Å²) in [5.74, 6) is -1.82. The van der Waals surface area contributed by atoms with Gasteiger partial charge in [0.15, 0.2) is 9.84 Å². The van der Waals surface area contributed by atoms with E-state index in [0.717, 1.165) is 38.5 Å². The molecule has 0 aromatic heterocycles. The molecule has 3 rings (SSSR count). The zero-order chi connectivity index (χ0) is 16.6. The summed E-state index contributed by atoms with van der Waals surface area (Å²) in [7, 11) is -3.47. The van der Waals surface area contributed by atoms with E-state index < -0.39 is 38.8 Å². The van der Waals surface area contributed by atoms with Crippen LogP contribution in [0.4, 0.5) is 0 Å². The van der Waals surface area contributed by atoms with Crippen molar-refractivity contribution in [1.29, 1.82) is 0 Å². The van der Waals surface area contributed by atoms with Crippen molar-refractivity contribution in [2.24, 2.45) is 5.92 Å². The lowest BCUT2D eigenvalue weighted by Crippen LogP contribution is -2.49. The fourth-order valence-corrected chi connectivity index (χ4v) is 6.43. The summed E-state index contributed by atoms with van der Waals surface area (Å²) >= 11 is 0. The molecule has 1 amide bonds. The van der Waals surface area contributed by atoms with Crippen LogP contribution in [0, 0.1) is 5.92 Å². The smallest absolute Gasteiger partial charge is 0.326 e. The van der Waals surface area contributed by atoms with E-state index in [-0.39, 0.29) is 12.0 Å². The molecule has 6 nitrogen and oxygen atoms in total. The highest BCUT2D eigenvalue weighted by molar-refractivity contribution is 7.92. The van der Waals surface area contributed by atoms with E-state index in [0.29, 0.717) is 19.3 Å². The number of carbonyl (C=O) groups excluding carboxylic acids is 1. The molecule has 2 saturated carbocycles. The maximum atomic E-state index is 12.7. The van der Waals surface area contributed by atoms with Crippen LogP contribution in [0.1, 0.15) is 57.8 Å². The highest BCUT2D eigenvalue weighted by atomic mass is 32.2. The Morgan fingerprint density at radius 3 is 2.26 bits per heavy atom. The van der Waals surface area contributed by atoms with E-state index in [9.17, 15) is 23.1 Å². The maximum absolute atomic E-state index is 12.7. The third-order valence-corrected chi connectivity index (χ3v) is 7.93. The Morgan fingerprint density at radius 2 is 1.61 bits per heavy atom. The lowest BCUT2D eigenvalue weighted by atomic mass is 9.85. The van der Waals surface area contributed by atoms with Crippen molar-refractivity contribution in [1.82, 2.24) is 4.90 Å². The third kappa shape index (κ3) is 3.25. The Kier molecular flexibility index (Phi) is 4.67. The molecule has 0 aromatic carbocycles. The van der Waals surface area contributed by atoms with Gasteiger partial charge >= 0.3 is 5.97 Å². The number of carboxylic acid groups (broad SMARTS) is 1. The summed E-state index contributed by atoms with van der Waals surface area (Å²) in [5.41, 5.74) is 0. The monoisotopic (exact) mass is 343 g/mol. The molecule has 0 bridgehead atoms. The molecule has 1 aliphatic heterocycles. The first-order valence-electron chi connectivity index (χ1n) is 8.65. The third-order valence-electron chi connectivity index (χ3n) is 5.80. The Bertz CT molecular complexity index is 581. The van der Waals surface area contributed by atoms with Gasteiger partial charge in [0.25, 0.3) is 0 Å².